The number of nitriles is 1. The van der Waals surface area contributed by atoms with Crippen LogP contribution < -0.4 is 10.6 Å². The lowest BCUT2D eigenvalue weighted by molar-refractivity contribution is -0.121. The van der Waals surface area contributed by atoms with E-state index >= 15 is 0 Å². The highest BCUT2D eigenvalue weighted by Gasteiger charge is 2.28. The van der Waals surface area contributed by atoms with E-state index in [9.17, 15) is 10.1 Å². The van der Waals surface area contributed by atoms with Crippen molar-refractivity contribution >= 4 is 11.6 Å². The molecular formula is C16H16N4O. The van der Waals surface area contributed by atoms with Crippen molar-refractivity contribution in [2.24, 2.45) is 11.7 Å². The number of nitrogens with two attached hydrogens (primary N) is 1. The van der Waals surface area contributed by atoms with E-state index in [0.717, 1.165) is 24.3 Å². The van der Waals surface area contributed by atoms with E-state index in [2.05, 4.69) is 11.0 Å². The monoisotopic (exact) mass is 280 g/mol. The van der Waals surface area contributed by atoms with Crippen molar-refractivity contribution < 1.29 is 4.79 Å². The zero-order valence-electron chi connectivity index (χ0n) is 11.6. The Labute approximate surface area is 123 Å². The average Bonchev–Trinajstić information content (AvgIpc) is 3.17. The van der Waals surface area contributed by atoms with Gasteiger partial charge in [-0.3, -0.25) is 4.79 Å². The van der Waals surface area contributed by atoms with Crippen LogP contribution in [0.25, 0.3) is 5.69 Å². The number of carbonyl (C=O) groups is 1. The van der Waals surface area contributed by atoms with E-state index < -0.39 is 0 Å². The van der Waals surface area contributed by atoms with Crippen LogP contribution in [0.5, 0.6) is 0 Å². The van der Waals surface area contributed by atoms with Crippen LogP contribution in [0.3, 0.4) is 0 Å². The molecule has 0 bridgehead atoms. The molecule has 1 aliphatic rings. The van der Waals surface area contributed by atoms with Crippen LogP contribution in [0.15, 0.2) is 42.7 Å². The molecular weight excluding hydrogens is 264 g/mol. The second-order valence-corrected chi connectivity index (χ2v) is 5.21. The lowest BCUT2D eigenvalue weighted by atomic mass is 10.1. The van der Waals surface area contributed by atoms with Crippen molar-refractivity contribution in [3.05, 3.63) is 48.3 Å². The third-order valence-corrected chi connectivity index (χ3v) is 3.95. The number of amides is 1. The van der Waals surface area contributed by atoms with Gasteiger partial charge in [0.15, 0.2) is 0 Å². The van der Waals surface area contributed by atoms with Crippen LogP contribution in [0.2, 0.25) is 0 Å². The summed E-state index contributed by atoms with van der Waals surface area (Å²) in [5.41, 5.74) is 7.72. The summed E-state index contributed by atoms with van der Waals surface area (Å²) in [5, 5.41) is 9.55. The molecule has 1 saturated heterocycles. The number of benzene rings is 1. The van der Waals surface area contributed by atoms with Crippen molar-refractivity contribution in [3.63, 3.8) is 0 Å². The molecule has 0 aliphatic carbocycles. The molecule has 1 aliphatic heterocycles. The molecule has 1 amide bonds. The Hall–Kier alpha value is -2.74. The lowest BCUT2D eigenvalue weighted by Crippen LogP contribution is -2.27. The van der Waals surface area contributed by atoms with Gasteiger partial charge < -0.3 is 15.2 Å². The van der Waals surface area contributed by atoms with Crippen molar-refractivity contribution in [2.45, 2.75) is 6.42 Å². The summed E-state index contributed by atoms with van der Waals surface area (Å²) in [6.07, 6.45) is 4.57. The largest absolute Gasteiger partial charge is 0.370 e. The second kappa shape index (κ2) is 5.33. The highest BCUT2D eigenvalue weighted by Crippen LogP contribution is 2.30. The summed E-state index contributed by atoms with van der Waals surface area (Å²) in [4.78, 5) is 13.4. The molecule has 3 rings (SSSR count). The van der Waals surface area contributed by atoms with Gasteiger partial charge in [0, 0.05) is 25.5 Å². The summed E-state index contributed by atoms with van der Waals surface area (Å²) >= 11 is 0. The van der Waals surface area contributed by atoms with Crippen LogP contribution in [0.4, 0.5) is 5.69 Å². The molecule has 1 atom stereocenters. The number of carbonyl (C=O) groups excluding carboxylic acids is 1. The normalized spacial score (nSPS) is 17.7. The molecule has 0 spiro atoms. The first kappa shape index (κ1) is 13.3. The fourth-order valence-corrected chi connectivity index (χ4v) is 2.83. The minimum absolute atomic E-state index is 0.133. The molecule has 106 valence electrons. The first-order valence-corrected chi connectivity index (χ1v) is 6.91. The zero-order valence-corrected chi connectivity index (χ0v) is 11.6. The van der Waals surface area contributed by atoms with E-state index in [1.165, 1.54) is 0 Å². The molecule has 1 aromatic carbocycles. The Morgan fingerprint density at radius 1 is 1.24 bits per heavy atom. The molecule has 0 radical (unpaired) electrons. The van der Waals surface area contributed by atoms with Crippen LogP contribution in [-0.2, 0) is 4.79 Å². The van der Waals surface area contributed by atoms with E-state index in [1.807, 2.05) is 47.3 Å². The van der Waals surface area contributed by atoms with Gasteiger partial charge in [0.2, 0.25) is 5.91 Å². The summed E-state index contributed by atoms with van der Waals surface area (Å²) in [6, 6.07) is 11.9. The fraction of sp³-hybridized carbons (Fsp3) is 0.250. The van der Waals surface area contributed by atoms with Crippen LogP contribution in [0.1, 0.15) is 12.0 Å². The number of rotatable bonds is 3. The number of aromatic nitrogens is 1. The molecule has 1 aromatic heterocycles. The predicted molar refractivity (Wildman–Crippen MR) is 80.0 cm³/mol. The summed E-state index contributed by atoms with van der Waals surface area (Å²) in [7, 11) is 0. The number of hydrogen-bond donors (Lipinski definition) is 1. The molecule has 21 heavy (non-hydrogen) atoms. The molecule has 2 heterocycles. The molecule has 1 fully saturated rings. The Morgan fingerprint density at radius 3 is 2.57 bits per heavy atom. The second-order valence-electron chi connectivity index (χ2n) is 5.21. The molecule has 5 nitrogen and oxygen atoms in total. The number of nitrogens with zero attached hydrogens (tertiary/aromatic N) is 3. The van der Waals surface area contributed by atoms with Gasteiger partial charge >= 0.3 is 0 Å². The van der Waals surface area contributed by atoms with Crippen molar-refractivity contribution in [2.75, 3.05) is 18.0 Å². The van der Waals surface area contributed by atoms with Crippen molar-refractivity contribution in [1.29, 1.82) is 5.26 Å². The lowest BCUT2D eigenvalue weighted by Gasteiger charge is -2.21. The van der Waals surface area contributed by atoms with E-state index in [1.54, 1.807) is 0 Å². The van der Waals surface area contributed by atoms with Gasteiger partial charge in [-0.25, -0.2) is 0 Å². The average molecular weight is 280 g/mol. The highest BCUT2D eigenvalue weighted by molar-refractivity contribution is 5.79. The summed E-state index contributed by atoms with van der Waals surface area (Å²) in [6.45, 7) is 1.33. The first-order chi connectivity index (χ1) is 10.2. The smallest absolute Gasteiger partial charge is 0.222 e. The van der Waals surface area contributed by atoms with Crippen LogP contribution >= 0.6 is 0 Å². The van der Waals surface area contributed by atoms with Crippen LogP contribution in [0, 0.1) is 17.2 Å². The number of primary amides is 1. The summed E-state index contributed by atoms with van der Waals surface area (Å²) < 4.78 is 1.92. The fourth-order valence-electron chi connectivity index (χ4n) is 2.83. The maximum atomic E-state index is 11.3. The maximum Gasteiger partial charge on any atom is 0.222 e. The van der Waals surface area contributed by atoms with Gasteiger partial charge in [-0.15, -0.1) is 0 Å². The predicted octanol–water partition coefficient (Wildman–Crippen LogP) is 1.66. The van der Waals surface area contributed by atoms with E-state index in [-0.39, 0.29) is 11.8 Å². The minimum atomic E-state index is -0.266. The quantitative estimate of drug-likeness (QED) is 0.929. The highest BCUT2D eigenvalue weighted by atomic mass is 16.1. The first-order valence-electron chi connectivity index (χ1n) is 6.91. The molecule has 1 unspecified atom stereocenters. The van der Waals surface area contributed by atoms with Gasteiger partial charge in [0.25, 0.3) is 0 Å². The summed E-state index contributed by atoms with van der Waals surface area (Å²) in [5.74, 6) is -0.399. The zero-order chi connectivity index (χ0) is 14.8. The Morgan fingerprint density at radius 2 is 1.95 bits per heavy atom. The molecule has 0 saturated carbocycles. The standard InChI is InChI=1S/C16H16N4O/c17-10-13-14(19-7-1-2-8-19)4-3-5-15(13)20-9-6-12(11-20)16(18)21/h1-5,7-8,12H,6,9,11H2,(H2,18,21). The Kier molecular flexibility index (Phi) is 3.36. The molecule has 2 aromatic rings. The van der Waals surface area contributed by atoms with Gasteiger partial charge in [0.05, 0.1) is 22.9 Å². The van der Waals surface area contributed by atoms with Gasteiger partial charge in [-0.2, -0.15) is 5.26 Å². The molecule has 2 N–H and O–H groups in total. The van der Waals surface area contributed by atoms with Gasteiger partial charge in [-0.1, -0.05) is 6.07 Å². The minimum Gasteiger partial charge on any atom is -0.370 e. The van der Waals surface area contributed by atoms with Crippen molar-refractivity contribution in [1.82, 2.24) is 4.57 Å². The Bertz CT molecular complexity index is 700. The number of hydrogen-bond acceptors (Lipinski definition) is 3. The van der Waals surface area contributed by atoms with Gasteiger partial charge in [0.1, 0.15) is 6.07 Å². The molecule has 5 heteroatoms. The van der Waals surface area contributed by atoms with Crippen molar-refractivity contribution in [3.8, 4) is 11.8 Å². The van der Waals surface area contributed by atoms with Crippen LogP contribution in [-0.4, -0.2) is 23.6 Å². The topological polar surface area (TPSA) is 75.1 Å². The third-order valence-electron chi connectivity index (χ3n) is 3.95. The van der Waals surface area contributed by atoms with E-state index in [0.29, 0.717) is 12.1 Å². The third kappa shape index (κ3) is 2.36. The maximum absolute atomic E-state index is 11.3. The van der Waals surface area contributed by atoms with E-state index in [4.69, 9.17) is 5.73 Å². The Balaban J connectivity index is 1.99. The SMILES string of the molecule is N#Cc1c(N2CCC(C(N)=O)C2)cccc1-n1cccc1. The number of anilines is 1. The van der Waals surface area contributed by atoms with Gasteiger partial charge in [-0.05, 0) is 30.7 Å².